The number of aryl methyl sites for hydroxylation is 1. The Morgan fingerprint density at radius 3 is 2.42 bits per heavy atom. The van der Waals surface area contributed by atoms with Gasteiger partial charge in [0, 0.05) is 4.88 Å². The van der Waals surface area contributed by atoms with Crippen molar-refractivity contribution in [3.8, 4) is 11.5 Å². The summed E-state index contributed by atoms with van der Waals surface area (Å²) in [6.07, 6.45) is 0.147. The average molecular weight is 348 g/mol. The van der Waals surface area contributed by atoms with Gasteiger partial charge in [-0.05, 0) is 37.1 Å². The minimum atomic E-state index is -0.543. The fraction of sp³-hybridized carbons (Fsp3) is 0.294. The number of carbonyl (C=O) groups is 2. The Balaban J connectivity index is 2.17. The van der Waals surface area contributed by atoms with E-state index in [1.807, 2.05) is 13.8 Å². The highest BCUT2D eigenvalue weighted by Gasteiger charge is 2.19. The Kier molecular flexibility index (Phi) is 5.46. The lowest BCUT2D eigenvalue weighted by atomic mass is 10.1. The van der Waals surface area contributed by atoms with Crippen LogP contribution in [-0.2, 0) is 11.2 Å². The van der Waals surface area contributed by atoms with Crippen molar-refractivity contribution in [3.63, 3.8) is 0 Å². The number of primary amides is 1. The van der Waals surface area contributed by atoms with Crippen LogP contribution in [0.1, 0.15) is 26.4 Å². The number of benzene rings is 1. The van der Waals surface area contributed by atoms with Gasteiger partial charge in [0.1, 0.15) is 5.00 Å². The first kappa shape index (κ1) is 17.8. The maximum absolute atomic E-state index is 12.3. The normalized spacial score (nSPS) is 10.3. The maximum Gasteiger partial charge on any atom is 0.251 e. The predicted octanol–water partition coefficient (Wildman–Crippen LogP) is 2.66. The van der Waals surface area contributed by atoms with Gasteiger partial charge in [0.2, 0.25) is 5.91 Å². The summed E-state index contributed by atoms with van der Waals surface area (Å²) in [4.78, 5) is 24.8. The van der Waals surface area contributed by atoms with E-state index in [9.17, 15) is 9.59 Å². The third-order valence-corrected chi connectivity index (χ3v) is 4.82. The molecular formula is C17H20N2O4S. The van der Waals surface area contributed by atoms with Gasteiger partial charge < -0.3 is 20.5 Å². The summed E-state index contributed by atoms with van der Waals surface area (Å²) in [7, 11) is 3.09. The molecule has 2 amide bonds. The molecule has 0 aliphatic heterocycles. The molecule has 0 unspecified atom stereocenters. The largest absolute Gasteiger partial charge is 0.493 e. The molecule has 0 saturated carbocycles. The standard InChI is InChI=1S/C17H20N2O4S/c1-9-10(2)24-17(15(9)16(18)21)19-14(20)8-11-5-6-12(22-3)13(7-11)23-4/h5-7H,8H2,1-4H3,(H2,18,21)(H,19,20). The average Bonchev–Trinajstić information content (AvgIpc) is 2.81. The van der Waals surface area contributed by atoms with Crippen LogP contribution in [0.4, 0.5) is 5.00 Å². The Morgan fingerprint density at radius 2 is 1.83 bits per heavy atom. The highest BCUT2D eigenvalue weighted by atomic mass is 32.1. The summed E-state index contributed by atoms with van der Waals surface area (Å²) >= 11 is 1.34. The van der Waals surface area contributed by atoms with Gasteiger partial charge in [-0.1, -0.05) is 6.07 Å². The van der Waals surface area contributed by atoms with Crippen LogP contribution in [0.15, 0.2) is 18.2 Å². The van der Waals surface area contributed by atoms with E-state index in [0.29, 0.717) is 22.1 Å². The van der Waals surface area contributed by atoms with Crippen LogP contribution in [0.25, 0.3) is 0 Å². The number of thiophene rings is 1. The quantitative estimate of drug-likeness (QED) is 0.840. The Labute approximate surface area is 144 Å². The smallest absolute Gasteiger partial charge is 0.251 e. The summed E-state index contributed by atoms with van der Waals surface area (Å²) in [5.74, 6) is 0.384. The zero-order valence-corrected chi connectivity index (χ0v) is 14.9. The van der Waals surface area contributed by atoms with Gasteiger partial charge in [0.05, 0.1) is 26.2 Å². The molecule has 0 aliphatic carbocycles. The van der Waals surface area contributed by atoms with Crippen molar-refractivity contribution in [3.05, 3.63) is 39.8 Å². The second-order valence-electron chi connectivity index (χ2n) is 5.27. The zero-order valence-electron chi connectivity index (χ0n) is 14.1. The van der Waals surface area contributed by atoms with Gasteiger partial charge in [-0.15, -0.1) is 11.3 Å². The molecule has 0 atom stereocenters. The number of anilines is 1. The van der Waals surface area contributed by atoms with Gasteiger partial charge in [-0.25, -0.2) is 0 Å². The molecule has 0 saturated heterocycles. The first-order chi connectivity index (χ1) is 11.4. The maximum atomic E-state index is 12.3. The number of nitrogens with one attached hydrogen (secondary N) is 1. The fourth-order valence-electron chi connectivity index (χ4n) is 2.36. The van der Waals surface area contributed by atoms with Gasteiger partial charge >= 0.3 is 0 Å². The van der Waals surface area contributed by atoms with E-state index < -0.39 is 5.91 Å². The molecule has 2 aromatic rings. The molecule has 1 aromatic carbocycles. The lowest BCUT2D eigenvalue weighted by molar-refractivity contribution is -0.115. The molecule has 0 aliphatic rings. The van der Waals surface area contributed by atoms with Crippen molar-refractivity contribution < 1.29 is 19.1 Å². The number of hydrogen-bond acceptors (Lipinski definition) is 5. The molecule has 3 N–H and O–H groups in total. The van der Waals surface area contributed by atoms with Crippen molar-refractivity contribution in [1.29, 1.82) is 0 Å². The number of ether oxygens (including phenoxy) is 2. The zero-order chi connectivity index (χ0) is 17.9. The van der Waals surface area contributed by atoms with Crippen molar-refractivity contribution in [2.75, 3.05) is 19.5 Å². The van der Waals surface area contributed by atoms with Crippen LogP contribution < -0.4 is 20.5 Å². The fourth-order valence-corrected chi connectivity index (χ4v) is 3.44. The number of hydrogen-bond donors (Lipinski definition) is 2. The van der Waals surface area contributed by atoms with Crippen LogP contribution in [0.5, 0.6) is 11.5 Å². The van der Waals surface area contributed by atoms with E-state index in [-0.39, 0.29) is 12.3 Å². The number of rotatable bonds is 6. The van der Waals surface area contributed by atoms with E-state index in [1.165, 1.54) is 18.4 Å². The van der Waals surface area contributed by atoms with Crippen LogP contribution in [-0.4, -0.2) is 26.0 Å². The summed E-state index contributed by atoms with van der Waals surface area (Å²) < 4.78 is 10.4. The van der Waals surface area contributed by atoms with Crippen LogP contribution >= 0.6 is 11.3 Å². The van der Waals surface area contributed by atoms with Crippen LogP contribution in [0, 0.1) is 13.8 Å². The third kappa shape index (κ3) is 3.68. The lowest BCUT2D eigenvalue weighted by Gasteiger charge is -2.10. The number of carbonyl (C=O) groups excluding carboxylic acids is 2. The number of amides is 2. The van der Waals surface area contributed by atoms with E-state index in [4.69, 9.17) is 15.2 Å². The molecule has 128 valence electrons. The van der Waals surface area contributed by atoms with Crippen LogP contribution in [0.3, 0.4) is 0 Å². The molecule has 0 radical (unpaired) electrons. The molecule has 24 heavy (non-hydrogen) atoms. The number of methoxy groups -OCH3 is 2. The molecule has 6 nitrogen and oxygen atoms in total. The second-order valence-corrected chi connectivity index (χ2v) is 6.49. The minimum Gasteiger partial charge on any atom is -0.493 e. The molecule has 1 heterocycles. The van der Waals surface area contributed by atoms with Crippen molar-refractivity contribution in [2.45, 2.75) is 20.3 Å². The third-order valence-electron chi connectivity index (χ3n) is 3.70. The Morgan fingerprint density at radius 1 is 1.17 bits per heavy atom. The van der Waals surface area contributed by atoms with Gasteiger partial charge in [0.15, 0.2) is 11.5 Å². The molecular weight excluding hydrogens is 328 g/mol. The molecule has 0 bridgehead atoms. The van der Waals surface area contributed by atoms with Gasteiger partial charge in [-0.2, -0.15) is 0 Å². The summed E-state index contributed by atoms with van der Waals surface area (Å²) in [6.45, 7) is 3.70. The first-order valence-corrected chi connectivity index (χ1v) is 8.09. The van der Waals surface area contributed by atoms with Gasteiger partial charge in [-0.3, -0.25) is 9.59 Å². The molecule has 0 spiro atoms. The van der Waals surface area contributed by atoms with Gasteiger partial charge in [0.25, 0.3) is 5.91 Å². The summed E-state index contributed by atoms with van der Waals surface area (Å²) in [5, 5.41) is 3.26. The molecule has 0 fully saturated rings. The molecule has 2 rings (SSSR count). The van der Waals surface area contributed by atoms with Crippen molar-refractivity contribution >= 4 is 28.2 Å². The molecule has 1 aromatic heterocycles. The highest BCUT2D eigenvalue weighted by Crippen LogP contribution is 2.32. The summed E-state index contributed by atoms with van der Waals surface area (Å²) in [5.41, 5.74) is 7.36. The lowest BCUT2D eigenvalue weighted by Crippen LogP contribution is -2.18. The highest BCUT2D eigenvalue weighted by molar-refractivity contribution is 7.16. The Hall–Kier alpha value is -2.54. The molecule has 7 heteroatoms. The topological polar surface area (TPSA) is 90.6 Å². The summed E-state index contributed by atoms with van der Waals surface area (Å²) in [6, 6.07) is 5.29. The van der Waals surface area contributed by atoms with Crippen molar-refractivity contribution in [2.24, 2.45) is 5.73 Å². The number of nitrogens with two attached hydrogens (primary N) is 1. The van der Waals surface area contributed by atoms with E-state index in [1.54, 1.807) is 25.3 Å². The van der Waals surface area contributed by atoms with Crippen LogP contribution in [0.2, 0.25) is 0 Å². The van der Waals surface area contributed by atoms with E-state index >= 15 is 0 Å². The second kappa shape index (κ2) is 7.35. The first-order valence-electron chi connectivity index (χ1n) is 7.28. The van der Waals surface area contributed by atoms with E-state index in [2.05, 4.69) is 5.32 Å². The minimum absolute atomic E-state index is 0.147. The van der Waals surface area contributed by atoms with E-state index in [0.717, 1.165) is 16.0 Å². The SMILES string of the molecule is COc1ccc(CC(=O)Nc2sc(C)c(C)c2C(N)=O)cc1OC. The van der Waals surface area contributed by atoms with Crippen molar-refractivity contribution in [1.82, 2.24) is 0 Å². The monoisotopic (exact) mass is 348 g/mol. The predicted molar refractivity (Wildman–Crippen MR) is 94.2 cm³/mol. The Bertz CT molecular complexity index is 783.